The predicted octanol–water partition coefficient (Wildman–Crippen LogP) is 1.67. The molecule has 3 N–H and O–H groups in total. The van der Waals surface area contributed by atoms with Crippen LogP contribution in [0.1, 0.15) is 41.5 Å². The maximum absolute atomic E-state index is 11.6. The smallest absolute Gasteiger partial charge is 0.331 e. The molecule has 0 aromatic rings. The molecule has 0 bridgehead atoms. The van der Waals surface area contributed by atoms with Crippen LogP contribution in [0, 0.1) is 5.41 Å². The first kappa shape index (κ1) is 17.2. The molecule has 1 atom stereocenters. The van der Waals surface area contributed by atoms with Crippen molar-refractivity contribution in [2.75, 3.05) is 0 Å². The van der Waals surface area contributed by atoms with E-state index in [1.807, 2.05) is 27.7 Å². The standard InChI is InChI=1S/C13H22N2O4/c1-7(8(2)11(17)18)10(16)15-12(19)14-9(3)13(4,5)6/h9H,1-6H3,(H,17,18)(H2,14,15,16,19). The molecule has 0 aromatic carbocycles. The summed E-state index contributed by atoms with van der Waals surface area (Å²) >= 11 is 0. The predicted molar refractivity (Wildman–Crippen MR) is 71.6 cm³/mol. The Balaban J connectivity index is 4.64. The summed E-state index contributed by atoms with van der Waals surface area (Å²) in [5.74, 6) is -1.89. The normalized spacial score (nSPS) is 14.2. The second-order valence-electron chi connectivity index (χ2n) is 5.57. The second-order valence-corrected chi connectivity index (χ2v) is 5.57. The molecule has 0 saturated carbocycles. The minimum atomic E-state index is -1.18. The van der Waals surface area contributed by atoms with E-state index >= 15 is 0 Å². The molecule has 108 valence electrons. The molecule has 0 saturated heterocycles. The zero-order chi connectivity index (χ0) is 15.4. The monoisotopic (exact) mass is 270 g/mol. The molecule has 19 heavy (non-hydrogen) atoms. The van der Waals surface area contributed by atoms with Crippen LogP contribution in [0.4, 0.5) is 4.79 Å². The van der Waals surface area contributed by atoms with Crippen molar-refractivity contribution in [3.05, 3.63) is 11.1 Å². The zero-order valence-electron chi connectivity index (χ0n) is 12.2. The average molecular weight is 270 g/mol. The number of aliphatic carboxylic acids is 1. The first-order valence-electron chi connectivity index (χ1n) is 5.99. The summed E-state index contributed by atoms with van der Waals surface area (Å²) in [6.07, 6.45) is 0. The van der Waals surface area contributed by atoms with Gasteiger partial charge in [0, 0.05) is 17.2 Å². The van der Waals surface area contributed by atoms with Gasteiger partial charge in [-0.15, -0.1) is 0 Å². The minimum Gasteiger partial charge on any atom is -0.478 e. The van der Waals surface area contributed by atoms with E-state index in [1.54, 1.807) is 0 Å². The summed E-state index contributed by atoms with van der Waals surface area (Å²) in [6.45, 7) is 10.4. The van der Waals surface area contributed by atoms with Crippen molar-refractivity contribution in [3.63, 3.8) is 0 Å². The fraction of sp³-hybridized carbons (Fsp3) is 0.615. The summed E-state index contributed by atoms with van der Waals surface area (Å²) in [5.41, 5.74) is -0.220. The van der Waals surface area contributed by atoms with Crippen LogP contribution in [-0.2, 0) is 9.59 Å². The number of carboxylic acid groups (broad SMARTS) is 1. The minimum absolute atomic E-state index is 0.00561. The summed E-state index contributed by atoms with van der Waals surface area (Å²) in [5, 5.41) is 13.5. The van der Waals surface area contributed by atoms with Crippen molar-refractivity contribution in [2.45, 2.75) is 47.6 Å². The first-order valence-corrected chi connectivity index (χ1v) is 5.99. The number of rotatable bonds is 3. The van der Waals surface area contributed by atoms with Gasteiger partial charge < -0.3 is 10.4 Å². The maximum Gasteiger partial charge on any atom is 0.331 e. The Kier molecular flexibility index (Phi) is 5.74. The average Bonchev–Trinajstić information content (AvgIpc) is 2.25. The molecular formula is C13H22N2O4. The largest absolute Gasteiger partial charge is 0.478 e. The summed E-state index contributed by atoms with van der Waals surface area (Å²) in [4.78, 5) is 33.9. The van der Waals surface area contributed by atoms with Crippen molar-refractivity contribution >= 4 is 17.9 Å². The highest BCUT2D eigenvalue weighted by molar-refractivity contribution is 6.07. The molecular weight excluding hydrogens is 248 g/mol. The lowest BCUT2D eigenvalue weighted by molar-refractivity contribution is -0.133. The second kappa shape index (κ2) is 6.36. The van der Waals surface area contributed by atoms with E-state index in [4.69, 9.17) is 5.11 Å². The van der Waals surface area contributed by atoms with Crippen molar-refractivity contribution in [2.24, 2.45) is 5.41 Å². The Morgan fingerprint density at radius 3 is 1.89 bits per heavy atom. The SMILES string of the molecule is CC(C(=O)O)=C(C)C(=O)NC(=O)NC(C)C(C)(C)C. The van der Waals surface area contributed by atoms with Crippen LogP contribution in [-0.4, -0.2) is 29.1 Å². The highest BCUT2D eigenvalue weighted by Gasteiger charge is 2.23. The Hall–Kier alpha value is -1.85. The van der Waals surface area contributed by atoms with Gasteiger partial charge in [-0.05, 0) is 26.2 Å². The third kappa shape index (κ3) is 5.54. The van der Waals surface area contributed by atoms with Gasteiger partial charge in [-0.3, -0.25) is 10.1 Å². The van der Waals surface area contributed by atoms with Gasteiger partial charge in [-0.1, -0.05) is 20.8 Å². The summed E-state index contributed by atoms with van der Waals surface area (Å²) in [7, 11) is 0. The van der Waals surface area contributed by atoms with Crippen molar-refractivity contribution in [3.8, 4) is 0 Å². The first-order chi connectivity index (χ1) is 8.46. The molecule has 6 nitrogen and oxygen atoms in total. The third-order valence-electron chi connectivity index (χ3n) is 3.10. The maximum atomic E-state index is 11.6. The van der Waals surface area contributed by atoms with Gasteiger partial charge in [0.15, 0.2) is 0 Å². The van der Waals surface area contributed by atoms with E-state index in [-0.39, 0.29) is 22.6 Å². The number of hydrogen-bond donors (Lipinski definition) is 3. The van der Waals surface area contributed by atoms with Crippen LogP contribution < -0.4 is 10.6 Å². The number of carbonyl (C=O) groups excluding carboxylic acids is 2. The van der Waals surface area contributed by atoms with E-state index in [2.05, 4.69) is 10.6 Å². The molecule has 6 heteroatoms. The van der Waals surface area contributed by atoms with E-state index < -0.39 is 17.9 Å². The van der Waals surface area contributed by atoms with Crippen LogP contribution in [0.25, 0.3) is 0 Å². The Morgan fingerprint density at radius 1 is 1.05 bits per heavy atom. The van der Waals surface area contributed by atoms with E-state index in [0.717, 1.165) is 0 Å². The molecule has 0 aliphatic rings. The van der Waals surface area contributed by atoms with Gasteiger partial charge in [0.05, 0.1) is 0 Å². The van der Waals surface area contributed by atoms with Crippen molar-refractivity contribution < 1.29 is 19.5 Å². The molecule has 0 radical (unpaired) electrons. The molecule has 0 rings (SSSR count). The van der Waals surface area contributed by atoms with Crippen LogP contribution in [0.5, 0.6) is 0 Å². The number of hydrogen-bond acceptors (Lipinski definition) is 3. The van der Waals surface area contributed by atoms with Crippen LogP contribution >= 0.6 is 0 Å². The molecule has 0 aromatic heterocycles. The van der Waals surface area contributed by atoms with Gasteiger partial charge in [-0.25, -0.2) is 9.59 Å². The van der Waals surface area contributed by atoms with E-state index in [9.17, 15) is 14.4 Å². The quantitative estimate of drug-likeness (QED) is 0.680. The van der Waals surface area contributed by atoms with Gasteiger partial charge in [0.25, 0.3) is 5.91 Å². The molecule has 0 aliphatic carbocycles. The fourth-order valence-corrected chi connectivity index (χ4v) is 0.977. The lowest BCUT2D eigenvalue weighted by Crippen LogP contribution is -2.48. The Labute approximate surface area is 113 Å². The van der Waals surface area contributed by atoms with Crippen molar-refractivity contribution in [1.82, 2.24) is 10.6 Å². The number of carbonyl (C=O) groups is 3. The summed E-state index contributed by atoms with van der Waals surface area (Å²) in [6, 6.07) is -0.768. The number of nitrogens with one attached hydrogen (secondary N) is 2. The number of urea groups is 1. The van der Waals surface area contributed by atoms with Gasteiger partial charge in [-0.2, -0.15) is 0 Å². The molecule has 0 aliphatic heterocycles. The van der Waals surface area contributed by atoms with Gasteiger partial charge in [0.1, 0.15) is 0 Å². The topological polar surface area (TPSA) is 95.5 Å². The molecule has 3 amide bonds. The highest BCUT2D eigenvalue weighted by atomic mass is 16.4. The van der Waals surface area contributed by atoms with Gasteiger partial charge >= 0.3 is 12.0 Å². The Morgan fingerprint density at radius 2 is 1.53 bits per heavy atom. The van der Waals surface area contributed by atoms with Crippen LogP contribution in [0.15, 0.2) is 11.1 Å². The van der Waals surface area contributed by atoms with Crippen LogP contribution in [0.2, 0.25) is 0 Å². The number of carboxylic acids is 1. The number of imide groups is 1. The highest BCUT2D eigenvalue weighted by Crippen LogP contribution is 2.18. The van der Waals surface area contributed by atoms with Crippen molar-refractivity contribution in [1.29, 1.82) is 0 Å². The zero-order valence-corrected chi connectivity index (χ0v) is 12.2. The molecule has 0 spiro atoms. The molecule has 0 fully saturated rings. The van der Waals surface area contributed by atoms with Gasteiger partial charge in [0.2, 0.25) is 0 Å². The Bertz CT molecular complexity index is 419. The van der Waals surface area contributed by atoms with E-state index in [0.29, 0.717) is 0 Å². The fourth-order valence-electron chi connectivity index (χ4n) is 0.977. The number of amides is 3. The third-order valence-corrected chi connectivity index (χ3v) is 3.10. The molecule has 1 unspecified atom stereocenters. The van der Waals surface area contributed by atoms with E-state index in [1.165, 1.54) is 13.8 Å². The lowest BCUT2D eigenvalue weighted by atomic mass is 9.88. The molecule has 0 heterocycles. The summed E-state index contributed by atoms with van der Waals surface area (Å²) < 4.78 is 0. The van der Waals surface area contributed by atoms with Crippen LogP contribution in [0.3, 0.4) is 0 Å². The lowest BCUT2D eigenvalue weighted by Gasteiger charge is -2.27.